The largest absolute Gasteiger partial charge is 0.481 e. The van der Waals surface area contributed by atoms with Crippen molar-refractivity contribution in [1.29, 1.82) is 0 Å². The molecule has 2 rings (SSSR count). The number of amides is 1. The fourth-order valence-corrected chi connectivity index (χ4v) is 3.26. The van der Waals surface area contributed by atoms with Crippen LogP contribution in [0.15, 0.2) is 42.5 Å². The van der Waals surface area contributed by atoms with Crippen LogP contribution in [0.25, 0.3) is 0 Å². The fourth-order valence-electron chi connectivity index (χ4n) is 2.97. The van der Waals surface area contributed by atoms with Gasteiger partial charge in [0.05, 0.1) is 28.5 Å². The van der Waals surface area contributed by atoms with Gasteiger partial charge in [-0.25, -0.2) is 0 Å². The predicted octanol–water partition coefficient (Wildman–Crippen LogP) is 6.18. The summed E-state index contributed by atoms with van der Waals surface area (Å²) in [5, 5.41) is 12.0. The molecule has 0 aliphatic heterocycles. The summed E-state index contributed by atoms with van der Waals surface area (Å²) in [7, 11) is 0. The summed E-state index contributed by atoms with van der Waals surface area (Å²) < 4.78 is 40.3. The van der Waals surface area contributed by atoms with Crippen molar-refractivity contribution in [2.24, 2.45) is 11.8 Å². The Morgan fingerprint density at radius 1 is 1.07 bits per heavy atom. The van der Waals surface area contributed by atoms with Gasteiger partial charge >= 0.3 is 12.1 Å². The highest BCUT2D eigenvalue weighted by Crippen LogP contribution is 2.39. The molecule has 2 aromatic carbocycles. The Hall–Kier alpha value is -2.25. The number of hydrogen-bond donors (Lipinski definition) is 2. The number of carbonyl (C=O) groups is 2. The van der Waals surface area contributed by atoms with Crippen molar-refractivity contribution < 1.29 is 27.9 Å². The Morgan fingerprint density at radius 2 is 1.67 bits per heavy atom. The quantitative estimate of drug-likeness (QED) is 0.517. The summed E-state index contributed by atoms with van der Waals surface area (Å²) in [5.41, 5.74) is 0.857. The number of halogens is 5. The maximum absolute atomic E-state index is 13.4. The smallest absolute Gasteiger partial charge is 0.392 e. The lowest BCUT2D eigenvalue weighted by molar-refractivity contribution is -0.178. The van der Waals surface area contributed by atoms with Crippen molar-refractivity contribution in [1.82, 2.24) is 0 Å². The van der Waals surface area contributed by atoms with Gasteiger partial charge < -0.3 is 10.4 Å². The maximum Gasteiger partial charge on any atom is 0.392 e. The van der Waals surface area contributed by atoms with Crippen LogP contribution in [0.4, 0.5) is 18.9 Å². The highest BCUT2D eigenvalue weighted by Gasteiger charge is 2.45. The lowest BCUT2D eigenvalue weighted by Gasteiger charge is -2.26. The molecular weight excluding hydrogens is 442 g/mol. The van der Waals surface area contributed by atoms with Crippen LogP contribution in [0.2, 0.25) is 10.0 Å². The van der Waals surface area contributed by atoms with Gasteiger partial charge in [0.15, 0.2) is 0 Å². The standard InChI is InChI=1S/C21H20Cl2F3NO3/c1-11(20(29)30)9-13-3-8-16(23)17(10-13)27-19(28)18(12(2)21(24,25)26)14-4-6-15(22)7-5-14/h3-8,10-12,18H,9H2,1-2H3,(H,27,28)(H,29,30)/t11-,12+,18-/m0/s1. The number of carboxylic acid groups (broad SMARTS) is 1. The average Bonchev–Trinajstić information content (AvgIpc) is 2.65. The minimum atomic E-state index is -4.61. The van der Waals surface area contributed by atoms with Crippen LogP contribution in [0.3, 0.4) is 0 Å². The van der Waals surface area contributed by atoms with E-state index in [-0.39, 0.29) is 22.7 Å². The van der Waals surface area contributed by atoms with Crippen LogP contribution < -0.4 is 5.32 Å². The third kappa shape index (κ3) is 6.12. The van der Waals surface area contributed by atoms with Gasteiger partial charge in [-0.3, -0.25) is 9.59 Å². The molecule has 4 nitrogen and oxygen atoms in total. The summed E-state index contributed by atoms with van der Waals surface area (Å²) >= 11 is 11.9. The lowest BCUT2D eigenvalue weighted by atomic mass is 9.86. The fraction of sp³-hybridized carbons (Fsp3) is 0.333. The first-order valence-electron chi connectivity index (χ1n) is 9.04. The maximum atomic E-state index is 13.4. The molecule has 30 heavy (non-hydrogen) atoms. The summed E-state index contributed by atoms with van der Waals surface area (Å²) in [5.74, 6) is -6.04. The van der Waals surface area contributed by atoms with E-state index in [0.29, 0.717) is 10.6 Å². The molecule has 162 valence electrons. The summed E-state index contributed by atoms with van der Waals surface area (Å²) in [4.78, 5) is 23.9. The Kier molecular flexibility index (Phi) is 7.77. The number of carboxylic acids is 1. The molecule has 0 saturated carbocycles. The summed E-state index contributed by atoms with van der Waals surface area (Å²) in [6, 6.07) is 10.1. The van der Waals surface area contributed by atoms with Crippen molar-refractivity contribution >= 4 is 40.8 Å². The minimum absolute atomic E-state index is 0.116. The normalized spacial score (nSPS) is 14.6. The van der Waals surface area contributed by atoms with E-state index in [1.165, 1.54) is 43.3 Å². The van der Waals surface area contributed by atoms with Crippen LogP contribution in [0.5, 0.6) is 0 Å². The number of alkyl halides is 3. The number of anilines is 1. The Bertz CT molecular complexity index is 917. The first kappa shape index (κ1) is 24.0. The molecule has 0 aliphatic rings. The van der Waals surface area contributed by atoms with Gasteiger partial charge in [-0.15, -0.1) is 0 Å². The first-order chi connectivity index (χ1) is 13.9. The van der Waals surface area contributed by atoms with Crippen molar-refractivity contribution in [3.63, 3.8) is 0 Å². The van der Waals surface area contributed by atoms with Gasteiger partial charge in [-0.1, -0.05) is 55.2 Å². The third-order valence-corrected chi connectivity index (χ3v) is 5.36. The molecule has 0 bridgehead atoms. The molecule has 2 N–H and O–H groups in total. The Labute approximate surface area is 182 Å². The molecule has 0 saturated heterocycles. The first-order valence-corrected chi connectivity index (χ1v) is 9.80. The number of benzene rings is 2. The number of carbonyl (C=O) groups excluding carboxylic acids is 1. The highest BCUT2D eigenvalue weighted by atomic mass is 35.5. The molecule has 0 fully saturated rings. The molecule has 0 heterocycles. The SMILES string of the molecule is C[C@H]([C@H](C(=O)Nc1cc(C[C@H](C)C(=O)O)ccc1Cl)c1ccc(Cl)cc1)C(F)(F)F. The van der Waals surface area contributed by atoms with Crippen molar-refractivity contribution in [2.75, 3.05) is 5.32 Å². The lowest BCUT2D eigenvalue weighted by Crippen LogP contribution is -2.34. The number of rotatable bonds is 7. The molecule has 1 amide bonds. The Balaban J connectivity index is 2.35. The number of nitrogens with one attached hydrogen (secondary N) is 1. The van der Waals surface area contributed by atoms with E-state index in [0.717, 1.165) is 6.92 Å². The van der Waals surface area contributed by atoms with Crippen LogP contribution in [-0.4, -0.2) is 23.2 Å². The second-order valence-corrected chi connectivity index (χ2v) is 7.95. The highest BCUT2D eigenvalue weighted by molar-refractivity contribution is 6.33. The van der Waals surface area contributed by atoms with E-state index < -0.39 is 35.8 Å². The zero-order valence-electron chi connectivity index (χ0n) is 16.1. The van der Waals surface area contributed by atoms with Gasteiger partial charge in [-0.05, 0) is 41.8 Å². The van der Waals surface area contributed by atoms with Gasteiger partial charge in [-0.2, -0.15) is 13.2 Å². The van der Waals surface area contributed by atoms with Gasteiger partial charge in [0.1, 0.15) is 0 Å². The summed E-state index contributed by atoms with van der Waals surface area (Å²) in [6.07, 6.45) is -4.43. The van der Waals surface area contributed by atoms with E-state index >= 15 is 0 Å². The van der Waals surface area contributed by atoms with Crippen LogP contribution in [0, 0.1) is 11.8 Å². The van der Waals surface area contributed by atoms with Crippen LogP contribution in [-0.2, 0) is 16.0 Å². The second kappa shape index (κ2) is 9.71. The zero-order chi connectivity index (χ0) is 22.6. The van der Waals surface area contributed by atoms with E-state index in [4.69, 9.17) is 28.3 Å². The molecular formula is C21H20Cl2F3NO3. The molecule has 0 unspecified atom stereocenters. The number of hydrogen-bond acceptors (Lipinski definition) is 2. The zero-order valence-corrected chi connectivity index (χ0v) is 17.6. The summed E-state index contributed by atoms with van der Waals surface area (Å²) in [6.45, 7) is 2.46. The molecule has 3 atom stereocenters. The average molecular weight is 462 g/mol. The van der Waals surface area contributed by atoms with E-state index in [2.05, 4.69) is 5.32 Å². The molecule has 0 spiro atoms. The van der Waals surface area contributed by atoms with Crippen LogP contribution >= 0.6 is 23.2 Å². The van der Waals surface area contributed by atoms with Gasteiger partial charge in [0.25, 0.3) is 0 Å². The number of aliphatic carboxylic acids is 1. The van der Waals surface area contributed by atoms with Gasteiger partial charge in [0, 0.05) is 5.02 Å². The molecule has 9 heteroatoms. The second-order valence-electron chi connectivity index (χ2n) is 7.11. The molecule has 0 radical (unpaired) electrons. The Morgan fingerprint density at radius 3 is 2.20 bits per heavy atom. The van der Waals surface area contributed by atoms with Crippen molar-refractivity contribution in [2.45, 2.75) is 32.4 Å². The molecule has 0 aliphatic carbocycles. The third-order valence-electron chi connectivity index (χ3n) is 4.78. The van der Waals surface area contributed by atoms with E-state index in [1.807, 2.05) is 0 Å². The monoisotopic (exact) mass is 461 g/mol. The van der Waals surface area contributed by atoms with E-state index in [9.17, 15) is 22.8 Å². The minimum Gasteiger partial charge on any atom is -0.481 e. The van der Waals surface area contributed by atoms with Crippen molar-refractivity contribution in [3.8, 4) is 0 Å². The topological polar surface area (TPSA) is 66.4 Å². The van der Waals surface area contributed by atoms with E-state index in [1.54, 1.807) is 6.07 Å². The van der Waals surface area contributed by atoms with Crippen molar-refractivity contribution in [3.05, 3.63) is 63.6 Å². The molecule has 2 aromatic rings. The van der Waals surface area contributed by atoms with Crippen LogP contribution in [0.1, 0.15) is 30.9 Å². The predicted molar refractivity (Wildman–Crippen MR) is 110 cm³/mol. The van der Waals surface area contributed by atoms with Gasteiger partial charge in [0.2, 0.25) is 5.91 Å². The molecule has 0 aromatic heterocycles.